The highest BCUT2D eigenvalue weighted by atomic mass is 16.2. The Balaban J connectivity index is 2.52. The first-order valence-electron chi connectivity index (χ1n) is 3.50. The third-order valence-corrected chi connectivity index (χ3v) is 1.61. The molecule has 0 atom stereocenters. The summed E-state index contributed by atoms with van der Waals surface area (Å²) in [6, 6.07) is 7.21. The van der Waals surface area contributed by atoms with Gasteiger partial charge in [-0.05, 0) is 11.6 Å². The smallest absolute Gasteiger partial charge is 0.267 e. The summed E-state index contributed by atoms with van der Waals surface area (Å²) in [5.41, 5.74) is 3.68. The molecular weight excluding hydrogens is 154 g/mol. The number of hydrogen-bond acceptors (Lipinski definition) is 3. The van der Waals surface area contributed by atoms with Crippen molar-refractivity contribution < 1.29 is 4.79 Å². The van der Waals surface area contributed by atoms with Crippen LogP contribution in [0.5, 0.6) is 0 Å². The zero-order chi connectivity index (χ0) is 8.39. The molecule has 0 bridgehead atoms. The summed E-state index contributed by atoms with van der Waals surface area (Å²) < 4.78 is 0. The first-order valence-corrected chi connectivity index (χ1v) is 3.50. The van der Waals surface area contributed by atoms with E-state index in [-0.39, 0.29) is 5.91 Å². The van der Waals surface area contributed by atoms with Crippen molar-refractivity contribution >= 4 is 5.91 Å². The van der Waals surface area contributed by atoms with Gasteiger partial charge in [-0.1, -0.05) is 23.4 Å². The van der Waals surface area contributed by atoms with Crippen LogP contribution in [0.4, 0.5) is 0 Å². The molecule has 0 saturated heterocycles. The minimum absolute atomic E-state index is 0.219. The molecule has 2 rings (SSSR count). The maximum absolute atomic E-state index is 11.2. The molecule has 1 heterocycles. The van der Waals surface area contributed by atoms with Crippen molar-refractivity contribution in [2.75, 3.05) is 0 Å². The number of carbonyl (C=O) groups excluding carboxylic acids is 1. The molecule has 1 N–H and O–H groups in total. The van der Waals surface area contributed by atoms with Gasteiger partial charge in [0.25, 0.3) is 5.91 Å². The Labute approximate surface area is 69.3 Å². The van der Waals surface area contributed by atoms with Gasteiger partial charge in [0.2, 0.25) is 0 Å². The fraction of sp³-hybridized carbons (Fsp3) is 0. The van der Waals surface area contributed by atoms with Gasteiger partial charge in [-0.2, -0.15) is 5.11 Å². The molecule has 1 amide bonds. The Morgan fingerprint density at radius 2 is 2.08 bits per heavy atom. The van der Waals surface area contributed by atoms with Gasteiger partial charge >= 0.3 is 0 Å². The van der Waals surface area contributed by atoms with Crippen molar-refractivity contribution in [3.05, 3.63) is 41.9 Å². The predicted molar refractivity (Wildman–Crippen MR) is 42.2 cm³/mol. The van der Waals surface area contributed by atoms with E-state index < -0.39 is 0 Å². The molecule has 0 fully saturated rings. The average molecular weight is 160 g/mol. The Hall–Kier alpha value is -1.71. The summed E-state index contributed by atoms with van der Waals surface area (Å²) in [6.07, 6.45) is 0. The second kappa shape index (κ2) is 2.73. The van der Waals surface area contributed by atoms with Crippen LogP contribution in [0.25, 0.3) is 0 Å². The van der Waals surface area contributed by atoms with E-state index >= 15 is 0 Å². The Morgan fingerprint density at radius 1 is 1.25 bits per heavy atom. The SMILES string of the molecule is O=C1NN=N[CH]c2ccccc21. The summed E-state index contributed by atoms with van der Waals surface area (Å²) >= 11 is 0. The summed E-state index contributed by atoms with van der Waals surface area (Å²) in [5.74, 6) is -0.219. The number of rotatable bonds is 0. The summed E-state index contributed by atoms with van der Waals surface area (Å²) in [5, 5.41) is 7.07. The number of hydrogen-bond donors (Lipinski definition) is 1. The number of nitrogens with one attached hydrogen (secondary N) is 1. The van der Waals surface area contributed by atoms with Crippen LogP contribution in [0.2, 0.25) is 0 Å². The molecule has 1 radical (unpaired) electrons. The second-order valence-electron chi connectivity index (χ2n) is 2.37. The quantitative estimate of drug-likeness (QED) is 0.611. The second-order valence-corrected chi connectivity index (χ2v) is 2.37. The van der Waals surface area contributed by atoms with Gasteiger partial charge in [0.15, 0.2) is 0 Å². The Kier molecular flexibility index (Phi) is 1.59. The highest BCUT2D eigenvalue weighted by molar-refractivity contribution is 5.96. The molecule has 0 saturated carbocycles. The van der Waals surface area contributed by atoms with Crippen molar-refractivity contribution in [3.8, 4) is 0 Å². The average Bonchev–Trinajstić information content (AvgIpc) is 2.29. The van der Waals surface area contributed by atoms with Crippen molar-refractivity contribution in [1.82, 2.24) is 5.43 Å². The first-order chi connectivity index (χ1) is 5.88. The highest BCUT2D eigenvalue weighted by Gasteiger charge is 2.12. The van der Waals surface area contributed by atoms with E-state index in [1.165, 1.54) is 0 Å². The molecular formula is C8H6N3O. The molecule has 4 nitrogen and oxygen atoms in total. The van der Waals surface area contributed by atoms with Crippen LogP contribution in [0.1, 0.15) is 15.9 Å². The lowest BCUT2D eigenvalue weighted by Gasteiger charge is -1.99. The summed E-state index contributed by atoms with van der Waals surface area (Å²) in [7, 11) is 0. The zero-order valence-electron chi connectivity index (χ0n) is 6.19. The Bertz CT molecular complexity index is 346. The summed E-state index contributed by atoms with van der Waals surface area (Å²) in [6.45, 7) is 1.55. The number of benzene rings is 1. The van der Waals surface area contributed by atoms with Crippen LogP contribution >= 0.6 is 0 Å². The number of fused-ring (bicyclic) bond motifs is 1. The molecule has 12 heavy (non-hydrogen) atoms. The first kappa shape index (κ1) is 6.97. The molecule has 59 valence electrons. The molecule has 1 aliphatic rings. The minimum Gasteiger partial charge on any atom is -0.267 e. The van der Waals surface area contributed by atoms with E-state index in [9.17, 15) is 4.79 Å². The van der Waals surface area contributed by atoms with Gasteiger partial charge in [-0.15, -0.1) is 0 Å². The van der Waals surface area contributed by atoms with Crippen molar-refractivity contribution in [2.45, 2.75) is 0 Å². The molecule has 1 aromatic carbocycles. The molecule has 1 aliphatic heterocycles. The van der Waals surface area contributed by atoms with Crippen LogP contribution in [-0.2, 0) is 0 Å². The van der Waals surface area contributed by atoms with Gasteiger partial charge < -0.3 is 0 Å². The van der Waals surface area contributed by atoms with Crippen LogP contribution in [0.15, 0.2) is 34.6 Å². The lowest BCUT2D eigenvalue weighted by molar-refractivity contribution is 0.0953. The van der Waals surface area contributed by atoms with E-state index in [0.717, 1.165) is 5.56 Å². The number of carbonyl (C=O) groups is 1. The van der Waals surface area contributed by atoms with E-state index in [2.05, 4.69) is 15.8 Å². The maximum Gasteiger partial charge on any atom is 0.273 e. The van der Waals surface area contributed by atoms with Gasteiger partial charge in [0, 0.05) is 5.56 Å². The van der Waals surface area contributed by atoms with Crippen LogP contribution in [0.3, 0.4) is 0 Å². The fourth-order valence-corrected chi connectivity index (χ4v) is 1.04. The van der Waals surface area contributed by atoms with E-state index in [1.54, 1.807) is 18.7 Å². The minimum atomic E-state index is -0.219. The third kappa shape index (κ3) is 1.07. The number of amides is 1. The van der Waals surface area contributed by atoms with Gasteiger partial charge in [0.05, 0.1) is 0 Å². The third-order valence-electron chi connectivity index (χ3n) is 1.61. The van der Waals surface area contributed by atoms with Gasteiger partial charge in [-0.25, -0.2) is 5.43 Å². The van der Waals surface area contributed by atoms with E-state index in [4.69, 9.17) is 0 Å². The Morgan fingerprint density at radius 3 is 3.00 bits per heavy atom. The lowest BCUT2D eigenvalue weighted by Crippen LogP contribution is -2.16. The molecule has 0 aromatic heterocycles. The highest BCUT2D eigenvalue weighted by Crippen LogP contribution is 2.13. The van der Waals surface area contributed by atoms with Crippen LogP contribution in [0, 0.1) is 6.54 Å². The zero-order valence-corrected chi connectivity index (χ0v) is 6.19. The largest absolute Gasteiger partial charge is 0.273 e. The standard InChI is InChI=1S/C8H6N3O/c12-8-7-4-2-1-3-6(7)5-9-11-10-8/h1-5H,(H,9,10,12). The van der Waals surface area contributed by atoms with Crippen molar-refractivity contribution in [3.63, 3.8) is 0 Å². The van der Waals surface area contributed by atoms with Crippen LogP contribution < -0.4 is 5.43 Å². The van der Waals surface area contributed by atoms with E-state index in [0.29, 0.717) is 5.56 Å². The molecule has 0 aliphatic carbocycles. The molecule has 1 aromatic rings. The molecule has 0 unspecified atom stereocenters. The fourth-order valence-electron chi connectivity index (χ4n) is 1.04. The summed E-state index contributed by atoms with van der Waals surface area (Å²) in [4.78, 5) is 11.2. The maximum atomic E-state index is 11.2. The van der Waals surface area contributed by atoms with Gasteiger partial charge in [-0.3, -0.25) is 4.79 Å². The lowest BCUT2D eigenvalue weighted by atomic mass is 10.1. The van der Waals surface area contributed by atoms with Crippen molar-refractivity contribution in [2.24, 2.45) is 10.3 Å². The molecule has 4 heteroatoms. The topological polar surface area (TPSA) is 53.8 Å². The normalized spacial score (nSPS) is 14.8. The van der Waals surface area contributed by atoms with Crippen LogP contribution in [-0.4, -0.2) is 5.91 Å². The van der Waals surface area contributed by atoms with Crippen molar-refractivity contribution in [1.29, 1.82) is 0 Å². The number of nitrogens with zero attached hydrogens (tertiary/aromatic N) is 2. The van der Waals surface area contributed by atoms with E-state index in [1.807, 2.05) is 12.1 Å². The monoisotopic (exact) mass is 160 g/mol. The van der Waals surface area contributed by atoms with Gasteiger partial charge in [0.1, 0.15) is 6.54 Å². The predicted octanol–water partition coefficient (Wildman–Crippen LogP) is 1.31. The molecule has 0 spiro atoms.